The normalized spacial score (nSPS) is 31.4. The number of halogens is 2. The number of rotatable bonds is 4. The van der Waals surface area contributed by atoms with Gasteiger partial charge in [0.2, 0.25) is 17.5 Å². The SMILES string of the molecule is [C-]#[N+]c1ccc(-c2nc(NC34CC5CC(CC(O)(C5)C3)C4)nc(OC)c2Br)cc1F. The molecule has 2 atom stereocenters. The van der Waals surface area contributed by atoms with Crippen LogP contribution in [-0.2, 0) is 0 Å². The van der Waals surface area contributed by atoms with Gasteiger partial charge < -0.3 is 15.2 Å². The van der Waals surface area contributed by atoms with Gasteiger partial charge in [-0.1, -0.05) is 12.1 Å². The lowest BCUT2D eigenvalue weighted by Gasteiger charge is -2.60. The van der Waals surface area contributed by atoms with Crippen molar-refractivity contribution in [1.82, 2.24) is 9.97 Å². The predicted molar refractivity (Wildman–Crippen MR) is 114 cm³/mol. The lowest BCUT2D eigenvalue weighted by molar-refractivity contribution is -0.127. The van der Waals surface area contributed by atoms with Crippen LogP contribution in [-0.4, -0.2) is 33.3 Å². The maximum atomic E-state index is 14.2. The summed E-state index contributed by atoms with van der Waals surface area (Å²) in [6.45, 7) is 7.04. The number of benzene rings is 1. The molecule has 4 aliphatic carbocycles. The summed E-state index contributed by atoms with van der Waals surface area (Å²) in [6, 6.07) is 4.41. The Morgan fingerprint density at radius 3 is 2.60 bits per heavy atom. The van der Waals surface area contributed by atoms with Gasteiger partial charge in [0.1, 0.15) is 10.3 Å². The first kappa shape index (κ1) is 19.7. The first-order valence-electron chi connectivity index (χ1n) is 10.1. The van der Waals surface area contributed by atoms with Gasteiger partial charge in [-0.05, 0) is 72.4 Å². The van der Waals surface area contributed by atoms with Gasteiger partial charge in [0.25, 0.3) is 0 Å². The third-order valence-corrected chi connectivity index (χ3v) is 7.48. The van der Waals surface area contributed by atoms with E-state index in [0.29, 0.717) is 45.8 Å². The summed E-state index contributed by atoms with van der Waals surface area (Å²) in [6.07, 6.45) is 5.64. The Labute approximate surface area is 182 Å². The van der Waals surface area contributed by atoms with Crippen molar-refractivity contribution in [2.75, 3.05) is 12.4 Å². The second-order valence-electron chi connectivity index (χ2n) is 9.09. The first-order valence-corrected chi connectivity index (χ1v) is 10.9. The summed E-state index contributed by atoms with van der Waals surface area (Å²) >= 11 is 3.47. The zero-order valence-corrected chi connectivity index (χ0v) is 18.2. The van der Waals surface area contributed by atoms with Gasteiger partial charge in [-0.2, -0.15) is 4.98 Å². The summed E-state index contributed by atoms with van der Waals surface area (Å²) < 4.78 is 20.2. The first-order chi connectivity index (χ1) is 14.3. The number of aliphatic hydroxyl groups is 1. The highest BCUT2D eigenvalue weighted by Gasteiger charge is 2.57. The Morgan fingerprint density at radius 2 is 2.00 bits per heavy atom. The standard InChI is InChI=1S/C22H22BrFN4O2/c1-25-16-4-3-14(6-15(16)24)18-17(23)19(30-2)27-20(26-18)28-21-7-12-5-13(8-21)10-22(29,9-12)11-21/h3-4,6,12-13,29H,5,7-11H2,2H3,(H,26,27,28). The highest BCUT2D eigenvalue weighted by molar-refractivity contribution is 9.10. The zero-order valence-electron chi connectivity index (χ0n) is 16.6. The van der Waals surface area contributed by atoms with Crippen molar-refractivity contribution in [3.8, 4) is 17.1 Å². The van der Waals surface area contributed by atoms with E-state index in [2.05, 4.69) is 36.1 Å². The molecule has 1 aromatic heterocycles. The summed E-state index contributed by atoms with van der Waals surface area (Å²) in [7, 11) is 1.52. The van der Waals surface area contributed by atoms with Crippen LogP contribution in [0.5, 0.6) is 5.88 Å². The number of anilines is 1. The van der Waals surface area contributed by atoms with Gasteiger partial charge in [0, 0.05) is 11.1 Å². The molecule has 30 heavy (non-hydrogen) atoms. The van der Waals surface area contributed by atoms with E-state index in [1.807, 2.05) is 0 Å². The zero-order chi connectivity index (χ0) is 21.1. The van der Waals surface area contributed by atoms with Gasteiger partial charge in [0.15, 0.2) is 0 Å². The number of nitrogens with zero attached hydrogens (tertiary/aromatic N) is 3. The highest BCUT2D eigenvalue weighted by Crippen LogP contribution is 2.58. The Kier molecular flexibility index (Phi) is 4.53. The minimum absolute atomic E-state index is 0.0314. The van der Waals surface area contributed by atoms with Crippen molar-refractivity contribution in [2.45, 2.75) is 49.7 Å². The Morgan fingerprint density at radius 1 is 1.27 bits per heavy atom. The summed E-state index contributed by atoms with van der Waals surface area (Å²) in [5.74, 6) is 1.21. The van der Waals surface area contributed by atoms with Crippen molar-refractivity contribution in [2.24, 2.45) is 11.8 Å². The Balaban J connectivity index is 1.53. The number of hydrogen-bond donors (Lipinski definition) is 2. The van der Waals surface area contributed by atoms with Crippen molar-refractivity contribution < 1.29 is 14.2 Å². The van der Waals surface area contributed by atoms with E-state index >= 15 is 0 Å². The number of ether oxygens (including phenoxy) is 1. The van der Waals surface area contributed by atoms with E-state index < -0.39 is 11.4 Å². The molecule has 0 radical (unpaired) electrons. The maximum absolute atomic E-state index is 14.2. The van der Waals surface area contributed by atoms with Gasteiger partial charge in [-0.25, -0.2) is 14.2 Å². The summed E-state index contributed by atoms with van der Waals surface area (Å²) in [5.41, 5.74) is 0.158. The fraction of sp³-hybridized carbons (Fsp3) is 0.500. The largest absolute Gasteiger partial charge is 0.480 e. The number of hydrogen-bond acceptors (Lipinski definition) is 5. The number of aromatic nitrogens is 2. The fourth-order valence-corrected chi connectivity index (χ4v) is 6.72. The van der Waals surface area contributed by atoms with Crippen LogP contribution in [0.4, 0.5) is 16.0 Å². The predicted octanol–water partition coefficient (Wildman–Crippen LogP) is 5.10. The van der Waals surface area contributed by atoms with Crippen LogP contribution in [0, 0.1) is 24.2 Å². The second kappa shape index (κ2) is 6.89. The van der Waals surface area contributed by atoms with Crippen molar-refractivity contribution in [3.05, 3.63) is 39.9 Å². The van der Waals surface area contributed by atoms with Gasteiger partial charge in [-0.15, -0.1) is 0 Å². The van der Waals surface area contributed by atoms with Crippen molar-refractivity contribution in [3.63, 3.8) is 0 Å². The van der Waals surface area contributed by atoms with Crippen molar-refractivity contribution in [1.29, 1.82) is 0 Å². The van der Waals surface area contributed by atoms with E-state index in [9.17, 15) is 9.50 Å². The molecule has 0 saturated heterocycles. The van der Waals surface area contributed by atoms with Crippen LogP contribution in [0.2, 0.25) is 0 Å². The van der Waals surface area contributed by atoms with Gasteiger partial charge in [0.05, 0.1) is 25.0 Å². The molecule has 156 valence electrons. The maximum Gasteiger partial charge on any atom is 0.233 e. The van der Waals surface area contributed by atoms with Crippen LogP contribution >= 0.6 is 15.9 Å². The Bertz CT molecular complexity index is 1060. The van der Waals surface area contributed by atoms with E-state index in [-0.39, 0.29) is 11.2 Å². The van der Waals surface area contributed by atoms with Crippen LogP contribution in [0.15, 0.2) is 22.7 Å². The molecular weight excluding hydrogens is 451 g/mol. The van der Waals surface area contributed by atoms with Crippen LogP contribution in [0.25, 0.3) is 16.1 Å². The molecule has 0 spiro atoms. The quantitative estimate of drug-likeness (QED) is 0.605. The van der Waals surface area contributed by atoms with Gasteiger partial charge in [-0.3, -0.25) is 0 Å². The molecule has 6 nitrogen and oxygen atoms in total. The molecule has 2 N–H and O–H groups in total. The van der Waals surface area contributed by atoms with E-state index in [1.54, 1.807) is 6.07 Å². The molecule has 4 aliphatic rings. The molecule has 4 saturated carbocycles. The third kappa shape index (κ3) is 3.25. The van der Waals surface area contributed by atoms with Crippen LogP contribution < -0.4 is 10.1 Å². The number of nitrogens with one attached hydrogen (secondary N) is 1. The van der Waals surface area contributed by atoms with E-state index in [4.69, 9.17) is 11.3 Å². The molecular formula is C22H22BrFN4O2. The average molecular weight is 473 g/mol. The second-order valence-corrected chi connectivity index (χ2v) is 9.88. The van der Waals surface area contributed by atoms with Crippen LogP contribution in [0.3, 0.4) is 0 Å². The molecule has 8 heteroatoms. The molecule has 0 aliphatic heterocycles. The fourth-order valence-electron chi connectivity index (χ4n) is 6.15. The van der Waals surface area contributed by atoms with Crippen LogP contribution in [0.1, 0.15) is 38.5 Å². The van der Waals surface area contributed by atoms with Crippen molar-refractivity contribution >= 4 is 27.6 Å². The number of methoxy groups -OCH3 is 1. The lowest BCUT2D eigenvalue weighted by Crippen LogP contribution is -2.62. The molecule has 0 amide bonds. The molecule has 4 fully saturated rings. The van der Waals surface area contributed by atoms with Gasteiger partial charge >= 0.3 is 0 Å². The minimum atomic E-state index is -0.599. The molecule has 6 rings (SSSR count). The smallest absolute Gasteiger partial charge is 0.233 e. The average Bonchev–Trinajstić information content (AvgIpc) is 2.67. The lowest BCUT2D eigenvalue weighted by atomic mass is 9.51. The van der Waals surface area contributed by atoms with E-state index in [1.165, 1.54) is 25.7 Å². The third-order valence-electron chi connectivity index (χ3n) is 6.76. The molecule has 1 heterocycles. The molecule has 2 aromatic rings. The summed E-state index contributed by atoms with van der Waals surface area (Å²) in [4.78, 5) is 12.4. The topological polar surface area (TPSA) is 71.6 Å². The highest BCUT2D eigenvalue weighted by atomic mass is 79.9. The summed E-state index contributed by atoms with van der Waals surface area (Å²) in [5, 5.41) is 14.6. The Hall–Kier alpha value is -2.24. The minimum Gasteiger partial charge on any atom is -0.480 e. The molecule has 4 bridgehead atoms. The monoisotopic (exact) mass is 472 g/mol. The molecule has 2 unspecified atom stereocenters. The van der Waals surface area contributed by atoms with E-state index in [0.717, 1.165) is 25.7 Å². The molecule has 1 aromatic carbocycles.